The van der Waals surface area contributed by atoms with Crippen molar-refractivity contribution >= 4 is 21.7 Å². The zero-order chi connectivity index (χ0) is 13.2. The molecule has 0 saturated heterocycles. The summed E-state index contributed by atoms with van der Waals surface area (Å²) in [5, 5.41) is 0. The highest BCUT2D eigenvalue weighted by molar-refractivity contribution is 9.10. The molecule has 0 atom stereocenters. The first-order valence-corrected chi connectivity index (χ1v) is 6.98. The Bertz CT molecular complexity index is 616. The molecule has 0 bridgehead atoms. The third kappa shape index (κ3) is 2.62. The smallest absolute Gasteiger partial charge is 0.135 e. The van der Waals surface area contributed by atoms with Crippen LogP contribution in [0.3, 0.4) is 0 Å². The van der Waals surface area contributed by atoms with Crippen LogP contribution in [0.1, 0.15) is 22.6 Å². The molecule has 19 heavy (non-hydrogen) atoms. The predicted octanol–water partition coefficient (Wildman–Crippen LogP) is 2.48. The van der Waals surface area contributed by atoms with Crippen LogP contribution in [0, 0.1) is 0 Å². The van der Waals surface area contributed by atoms with Gasteiger partial charge in [-0.05, 0) is 11.6 Å². The van der Waals surface area contributed by atoms with Crippen LogP contribution >= 0.6 is 15.9 Å². The monoisotopic (exact) mass is 319 g/mol. The molecule has 0 radical (unpaired) electrons. The molecule has 1 aromatic carbocycles. The van der Waals surface area contributed by atoms with Gasteiger partial charge in [-0.2, -0.15) is 0 Å². The molecule has 0 aliphatic carbocycles. The lowest BCUT2D eigenvalue weighted by molar-refractivity contribution is 0.109. The largest absolute Gasteiger partial charge is 0.383 e. The van der Waals surface area contributed by atoms with E-state index in [2.05, 4.69) is 32.0 Å². The van der Waals surface area contributed by atoms with Crippen LogP contribution in [0.5, 0.6) is 0 Å². The lowest BCUT2D eigenvalue weighted by atomic mass is 10.1. The second kappa shape index (κ2) is 5.27. The van der Waals surface area contributed by atoms with Gasteiger partial charge in [0.2, 0.25) is 0 Å². The second-order valence-corrected chi connectivity index (χ2v) is 5.38. The van der Waals surface area contributed by atoms with Crippen LogP contribution in [0.2, 0.25) is 0 Å². The highest BCUT2D eigenvalue weighted by Crippen LogP contribution is 2.22. The first-order chi connectivity index (χ1) is 9.24. The number of ether oxygens (including phenoxy) is 1. The number of hydrogen-bond acceptors (Lipinski definition) is 4. The zero-order valence-corrected chi connectivity index (χ0v) is 12.0. The minimum absolute atomic E-state index is 0.524. The Hall–Kier alpha value is -1.46. The van der Waals surface area contributed by atoms with Crippen LogP contribution in [0.4, 0.5) is 5.82 Å². The third-order valence-electron chi connectivity index (χ3n) is 3.21. The summed E-state index contributed by atoms with van der Waals surface area (Å²) in [6, 6.07) is 8.08. The lowest BCUT2D eigenvalue weighted by Crippen LogP contribution is -2.17. The van der Waals surface area contributed by atoms with Gasteiger partial charge in [-0.25, -0.2) is 9.97 Å². The van der Waals surface area contributed by atoms with E-state index in [1.165, 1.54) is 0 Å². The molecule has 0 saturated carbocycles. The number of nitrogens with zero attached hydrogens (tertiary/aromatic N) is 2. The second-order valence-electron chi connectivity index (χ2n) is 4.52. The number of aromatic nitrogens is 2. The van der Waals surface area contributed by atoms with Crippen molar-refractivity contribution < 1.29 is 4.74 Å². The fraction of sp³-hybridized carbons (Fsp3) is 0.286. The third-order valence-corrected chi connectivity index (χ3v) is 3.98. The van der Waals surface area contributed by atoms with Gasteiger partial charge in [0.15, 0.2) is 0 Å². The highest BCUT2D eigenvalue weighted by Gasteiger charge is 2.16. The van der Waals surface area contributed by atoms with Crippen molar-refractivity contribution in [1.29, 1.82) is 0 Å². The summed E-state index contributed by atoms with van der Waals surface area (Å²) in [6.45, 7) is 1.23. The maximum atomic E-state index is 5.99. The molecule has 1 aliphatic heterocycles. The van der Waals surface area contributed by atoms with E-state index >= 15 is 0 Å². The average Bonchev–Trinajstić information content (AvgIpc) is 2.42. The van der Waals surface area contributed by atoms with Gasteiger partial charge in [0, 0.05) is 22.9 Å². The average molecular weight is 320 g/mol. The topological polar surface area (TPSA) is 61.0 Å². The Labute approximate surface area is 120 Å². The fourth-order valence-corrected chi connectivity index (χ4v) is 2.63. The molecule has 98 valence electrons. The van der Waals surface area contributed by atoms with Gasteiger partial charge in [-0.15, -0.1) is 0 Å². The van der Waals surface area contributed by atoms with Gasteiger partial charge in [0.05, 0.1) is 18.9 Å². The Morgan fingerprint density at radius 3 is 2.95 bits per heavy atom. The lowest BCUT2D eigenvalue weighted by Gasteiger charge is -2.17. The predicted molar refractivity (Wildman–Crippen MR) is 76.8 cm³/mol. The van der Waals surface area contributed by atoms with Crippen molar-refractivity contribution in [1.82, 2.24) is 9.97 Å². The molecule has 0 spiro atoms. The SMILES string of the molecule is Nc1nc(Cc2ccccc2Br)nc2c1COCC2. The van der Waals surface area contributed by atoms with E-state index in [1.54, 1.807) is 0 Å². The molecule has 0 amide bonds. The molecule has 3 rings (SSSR count). The molecule has 1 aliphatic rings. The Balaban J connectivity index is 1.94. The molecule has 2 aromatic rings. The molecule has 0 fully saturated rings. The van der Waals surface area contributed by atoms with E-state index in [1.807, 2.05) is 18.2 Å². The van der Waals surface area contributed by atoms with Gasteiger partial charge in [0.1, 0.15) is 11.6 Å². The van der Waals surface area contributed by atoms with Crippen LogP contribution in [-0.4, -0.2) is 16.6 Å². The fourth-order valence-electron chi connectivity index (χ4n) is 2.20. The summed E-state index contributed by atoms with van der Waals surface area (Å²) in [6.07, 6.45) is 1.49. The number of rotatable bonds is 2. The van der Waals surface area contributed by atoms with E-state index in [0.29, 0.717) is 25.5 Å². The number of nitrogens with two attached hydrogens (primary N) is 1. The highest BCUT2D eigenvalue weighted by atomic mass is 79.9. The van der Waals surface area contributed by atoms with Gasteiger partial charge in [-0.3, -0.25) is 0 Å². The van der Waals surface area contributed by atoms with Crippen LogP contribution < -0.4 is 5.73 Å². The van der Waals surface area contributed by atoms with Crippen molar-refractivity contribution in [3.8, 4) is 0 Å². The van der Waals surface area contributed by atoms with E-state index in [-0.39, 0.29) is 0 Å². The summed E-state index contributed by atoms with van der Waals surface area (Å²) in [5.41, 5.74) is 9.13. The number of halogens is 1. The first kappa shape index (κ1) is 12.6. The normalized spacial score (nSPS) is 14.2. The summed E-state index contributed by atoms with van der Waals surface area (Å²) in [4.78, 5) is 9.01. The van der Waals surface area contributed by atoms with Crippen molar-refractivity contribution in [2.45, 2.75) is 19.4 Å². The van der Waals surface area contributed by atoms with Gasteiger partial charge < -0.3 is 10.5 Å². The van der Waals surface area contributed by atoms with Crippen LogP contribution in [0.15, 0.2) is 28.7 Å². The van der Waals surface area contributed by atoms with Crippen molar-refractivity contribution in [3.63, 3.8) is 0 Å². The number of anilines is 1. The maximum Gasteiger partial charge on any atom is 0.135 e. The molecule has 4 nitrogen and oxygen atoms in total. The molecular weight excluding hydrogens is 306 g/mol. The number of fused-ring (bicyclic) bond motifs is 1. The molecule has 2 N–H and O–H groups in total. The number of benzene rings is 1. The standard InChI is InChI=1S/C14H14BrN3O/c15-11-4-2-1-3-9(11)7-13-17-12-5-6-19-8-10(12)14(16)18-13/h1-4H,5-8H2,(H2,16,17,18). The summed E-state index contributed by atoms with van der Waals surface area (Å²) in [5.74, 6) is 1.32. The van der Waals surface area contributed by atoms with Crippen LogP contribution in [0.25, 0.3) is 0 Å². The van der Waals surface area contributed by atoms with Crippen molar-refractivity contribution in [2.75, 3.05) is 12.3 Å². The van der Waals surface area contributed by atoms with Crippen molar-refractivity contribution in [2.24, 2.45) is 0 Å². The molecule has 5 heteroatoms. The Morgan fingerprint density at radius 1 is 1.26 bits per heavy atom. The van der Waals surface area contributed by atoms with Gasteiger partial charge in [-0.1, -0.05) is 34.1 Å². The molecule has 1 aromatic heterocycles. The number of hydrogen-bond donors (Lipinski definition) is 1. The first-order valence-electron chi connectivity index (χ1n) is 6.19. The molecular formula is C14H14BrN3O. The van der Waals surface area contributed by atoms with Gasteiger partial charge in [0.25, 0.3) is 0 Å². The van der Waals surface area contributed by atoms with E-state index < -0.39 is 0 Å². The van der Waals surface area contributed by atoms with E-state index in [0.717, 1.165) is 33.5 Å². The summed E-state index contributed by atoms with van der Waals surface area (Å²) < 4.78 is 6.45. The summed E-state index contributed by atoms with van der Waals surface area (Å²) in [7, 11) is 0. The number of nitrogen functional groups attached to an aromatic ring is 1. The summed E-state index contributed by atoms with van der Waals surface area (Å²) >= 11 is 3.54. The van der Waals surface area contributed by atoms with Gasteiger partial charge >= 0.3 is 0 Å². The zero-order valence-electron chi connectivity index (χ0n) is 10.4. The van der Waals surface area contributed by atoms with E-state index in [4.69, 9.17) is 10.5 Å². The Morgan fingerprint density at radius 2 is 2.11 bits per heavy atom. The minimum Gasteiger partial charge on any atom is -0.383 e. The quantitative estimate of drug-likeness (QED) is 0.923. The Kier molecular flexibility index (Phi) is 3.48. The minimum atomic E-state index is 0.524. The molecule has 0 unspecified atom stereocenters. The maximum absolute atomic E-state index is 5.99. The van der Waals surface area contributed by atoms with E-state index in [9.17, 15) is 0 Å². The molecule has 2 heterocycles. The van der Waals surface area contributed by atoms with Crippen LogP contribution in [-0.2, 0) is 24.2 Å². The van der Waals surface area contributed by atoms with Crippen molar-refractivity contribution in [3.05, 3.63) is 51.4 Å².